The Morgan fingerprint density at radius 1 is 0.838 bits per heavy atom. The number of nitrogens with one attached hydrogen (secondary N) is 1. The van der Waals surface area contributed by atoms with Crippen molar-refractivity contribution in [2.75, 3.05) is 12.3 Å². The highest BCUT2D eigenvalue weighted by Gasteiger charge is 2.19. The Balaban J connectivity index is 1.46. The maximum Gasteiger partial charge on any atom is 0.199 e. The second-order valence-electron chi connectivity index (χ2n) is 9.34. The van der Waals surface area contributed by atoms with Gasteiger partial charge in [-0.15, -0.1) is 0 Å². The number of benzene rings is 4. The lowest BCUT2D eigenvalue weighted by Crippen LogP contribution is -2.23. The minimum absolute atomic E-state index is 0.0796. The molecule has 0 atom stereocenters. The minimum atomic E-state index is 0.0796. The number of aromatic hydroxyl groups is 1. The first-order chi connectivity index (χ1) is 18.1. The molecule has 1 heterocycles. The van der Waals surface area contributed by atoms with Crippen molar-refractivity contribution in [2.45, 2.75) is 26.4 Å². The molecule has 0 saturated heterocycles. The van der Waals surface area contributed by atoms with Crippen molar-refractivity contribution < 1.29 is 5.11 Å². The Labute approximate surface area is 217 Å². The van der Waals surface area contributed by atoms with Crippen LogP contribution in [0.1, 0.15) is 35.6 Å². The third-order valence-electron chi connectivity index (χ3n) is 6.46. The molecule has 5 rings (SSSR count). The van der Waals surface area contributed by atoms with Gasteiger partial charge in [-0.25, -0.2) is 4.99 Å². The Morgan fingerprint density at radius 2 is 1.49 bits per heavy atom. The molecule has 0 bridgehead atoms. The fourth-order valence-electron chi connectivity index (χ4n) is 4.73. The second kappa shape index (κ2) is 11.1. The van der Waals surface area contributed by atoms with E-state index in [0.29, 0.717) is 17.0 Å². The lowest BCUT2D eigenvalue weighted by molar-refractivity contribution is 0.257. The highest BCUT2D eigenvalue weighted by Crippen LogP contribution is 2.32. The van der Waals surface area contributed by atoms with E-state index in [4.69, 9.17) is 10.7 Å². The van der Waals surface area contributed by atoms with Gasteiger partial charge in [0.2, 0.25) is 0 Å². The highest BCUT2D eigenvalue weighted by molar-refractivity contribution is 6.22. The predicted molar refractivity (Wildman–Crippen MR) is 153 cm³/mol. The van der Waals surface area contributed by atoms with E-state index in [1.54, 1.807) is 0 Å². The number of nitrogens with two attached hydrogens (primary N) is 1. The summed E-state index contributed by atoms with van der Waals surface area (Å²) in [7, 11) is 0. The molecule has 0 spiro atoms. The summed E-state index contributed by atoms with van der Waals surface area (Å²) in [5.41, 5.74) is 13.2. The number of nitrogen functional groups attached to an aromatic ring is 1. The van der Waals surface area contributed by atoms with Crippen LogP contribution in [0.2, 0.25) is 0 Å². The predicted octanol–water partition coefficient (Wildman–Crippen LogP) is 7.04. The van der Waals surface area contributed by atoms with E-state index in [0.717, 1.165) is 48.2 Å². The number of H-pyrrole nitrogens is 1. The van der Waals surface area contributed by atoms with E-state index in [1.807, 2.05) is 60.7 Å². The van der Waals surface area contributed by atoms with E-state index in [1.165, 1.54) is 11.1 Å². The molecule has 0 aliphatic carbocycles. The summed E-state index contributed by atoms with van der Waals surface area (Å²) in [6.45, 7) is 5.06. The van der Waals surface area contributed by atoms with Gasteiger partial charge in [-0.05, 0) is 54.4 Å². The molecule has 4 aromatic carbocycles. The van der Waals surface area contributed by atoms with Crippen molar-refractivity contribution in [2.24, 2.45) is 4.99 Å². The van der Waals surface area contributed by atoms with Crippen molar-refractivity contribution in [3.8, 4) is 5.88 Å². The molecule has 5 nitrogen and oxygen atoms in total. The minimum Gasteiger partial charge on any atom is -0.494 e. The molecule has 4 N–H and O–H groups in total. The van der Waals surface area contributed by atoms with Crippen molar-refractivity contribution >= 4 is 28.0 Å². The topological polar surface area (TPSA) is 77.6 Å². The second-order valence-corrected chi connectivity index (χ2v) is 9.34. The summed E-state index contributed by atoms with van der Waals surface area (Å²) >= 11 is 0. The fourth-order valence-corrected chi connectivity index (χ4v) is 4.73. The van der Waals surface area contributed by atoms with Crippen LogP contribution in [0.25, 0.3) is 10.9 Å². The quantitative estimate of drug-likeness (QED) is 0.154. The van der Waals surface area contributed by atoms with Crippen LogP contribution in [-0.2, 0) is 13.1 Å². The van der Waals surface area contributed by atoms with Gasteiger partial charge in [0.15, 0.2) is 5.88 Å². The summed E-state index contributed by atoms with van der Waals surface area (Å²) in [5.74, 6) is 0.0796. The third-order valence-corrected chi connectivity index (χ3v) is 6.46. The van der Waals surface area contributed by atoms with Crippen LogP contribution in [0.15, 0.2) is 108 Å². The van der Waals surface area contributed by atoms with E-state index < -0.39 is 0 Å². The van der Waals surface area contributed by atoms with Crippen LogP contribution >= 0.6 is 0 Å². The van der Waals surface area contributed by atoms with Crippen LogP contribution in [0.5, 0.6) is 5.88 Å². The van der Waals surface area contributed by atoms with E-state index >= 15 is 0 Å². The molecule has 5 aromatic rings. The van der Waals surface area contributed by atoms with Gasteiger partial charge in [0.25, 0.3) is 0 Å². The summed E-state index contributed by atoms with van der Waals surface area (Å²) in [6, 6.07) is 34.5. The zero-order valence-corrected chi connectivity index (χ0v) is 21.1. The largest absolute Gasteiger partial charge is 0.494 e. The van der Waals surface area contributed by atoms with Crippen molar-refractivity contribution in [1.82, 2.24) is 9.88 Å². The fraction of sp³-hybridized carbons (Fsp3) is 0.156. The molecule has 0 fully saturated rings. The van der Waals surface area contributed by atoms with Crippen molar-refractivity contribution in [3.63, 3.8) is 0 Å². The average Bonchev–Trinajstić information content (AvgIpc) is 3.24. The number of aliphatic imine (C=N–C) groups is 1. The van der Waals surface area contributed by atoms with Gasteiger partial charge in [-0.2, -0.15) is 0 Å². The zero-order chi connectivity index (χ0) is 25.6. The van der Waals surface area contributed by atoms with Crippen molar-refractivity contribution in [1.29, 1.82) is 0 Å². The number of fused-ring (bicyclic) bond motifs is 1. The molecule has 1 aromatic heterocycles. The van der Waals surface area contributed by atoms with Gasteiger partial charge in [0.1, 0.15) is 0 Å². The number of nitrogens with zero attached hydrogens (tertiary/aromatic N) is 2. The molecule has 37 heavy (non-hydrogen) atoms. The monoisotopic (exact) mass is 488 g/mol. The Hall–Kier alpha value is -4.35. The maximum atomic E-state index is 10.9. The van der Waals surface area contributed by atoms with Gasteiger partial charge in [0.05, 0.1) is 17.0 Å². The number of hydrogen-bond donors (Lipinski definition) is 3. The summed E-state index contributed by atoms with van der Waals surface area (Å²) in [5, 5.41) is 11.7. The molecular formula is C32H32N4O. The first kappa shape index (κ1) is 24.3. The van der Waals surface area contributed by atoms with Gasteiger partial charge in [-0.1, -0.05) is 79.7 Å². The third kappa shape index (κ3) is 5.74. The van der Waals surface area contributed by atoms with E-state index in [2.05, 4.69) is 59.3 Å². The Kier molecular flexibility index (Phi) is 7.33. The summed E-state index contributed by atoms with van der Waals surface area (Å²) < 4.78 is 0. The van der Waals surface area contributed by atoms with E-state index in [9.17, 15) is 5.11 Å². The normalized spacial score (nSPS) is 11.9. The van der Waals surface area contributed by atoms with Crippen LogP contribution in [0, 0.1) is 0 Å². The molecule has 0 aliphatic heterocycles. The molecule has 0 amide bonds. The van der Waals surface area contributed by atoms with Crippen LogP contribution < -0.4 is 5.73 Å². The van der Waals surface area contributed by atoms with E-state index in [-0.39, 0.29) is 5.88 Å². The number of aromatic nitrogens is 1. The lowest BCUT2D eigenvalue weighted by atomic mass is 10.0. The summed E-state index contributed by atoms with van der Waals surface area (Å²) in [4.78, 5) is 10.6. The smallest absolute Gasteiger partial charge is 0.199 e. The first-order valence-corrected chi connectivity index (χ1v) is 12.7. The maximum absolute atomic E-state index is 10.9. The molecular weight excluding hydrogens is 456 g/mol. The van der Waals surface area contributed by atoms with Crippen LogP contribution in [0.4, 0.5) is 11.4 Å². The SMILES string of the molecule is CCCN(Cc1ccccc1)Cc1ccc(N=C(c2ccccc2)c2c(O)[nH]c3ccc(N)cc23)cc1. The molecule has 0 radical (unpaired) electrons. The van der Waals surface area contributed by atoms with Crippen LogP contribution in [-0.4, -0.2) is 27.2 Å². The van der Waals surface area contributed by atoms with Crippen molar-refractivity contribution in [3.05, 3.63) is 125 Å². The van der Waals surface area contributed by atoms with Gasteiger partial charge in [-0.3, -0.25) is 4.90 Å². The number of aromatic amines is 1. The zero-order valence-electron chi connectivity index (χ0n) is 21.1. The molecule has 0 aliphatic rings. The highest BCUT2D eigenvalue weighted by atomic mass is 16.3. The van der Waals surface area contributed by atoms with Gasteiger partial charge < -0.3 is 15.8 Å². The number of rotatable bonds is 9. The summed E-state index contributed by atoms with van der Waals surface area (Å²) in [6.07, 6.45) is 1.11. The van der Waals surface area contributed by atoms with Gasteiger partial charge >= 0.3 is 0 Å². The number of hydrogen-bond acceptors (Lipinski definition) is 4. The molecule has 186 valence electrons. The average molecular weight is 489 g/mol. The lowest BCUT2D eigenvalue weighted by Gasteiger charge is -2.22. The molecule has 5 heteroatoms. The first-order valence-electron chi connectivity index (χ1n) is 12.7. The van der Waals surface area contributed by atoms with Crippen LogP contribution in [0.3, 0.4) is 0 Å². The van der Waals surface area contributed by atoms with Gasteiger partial charge in [0, 0.05) is 35.2 Å². The Bertz CT molecular complexity index is 1490. The standard InChI is InChI=1S/C32H32N4O/c1-2-19-36(21-23-9-5-3-6-10-23)22-24-13-16-27(17-14-24)34-31(25-11-7-4-8-12-25)30-28-20-26(33)15-18-29(28)35-32(30)37/h3-18,20,35,37H,2,19,21-22,33H2,1H3. The number of anilines is 1. The Morgan fingerprint density at radius 3 is 2.16 bits per heavy atom. The molecule has 0 saturated carbocycles. The molecule has 0 unspecified atom stereocenters.